The predicted octanol–water partition coefficient (Wildman–Crippen LogP) is 3.19. The summed E-state index contributed by atoms with van der Waals surface area (Å²) in [7, 11) is 0. The van der Waals surface area contributed by atoms with E-state index in [-0.39, 0.29) is 6.04 Å². The lowest BCUT2D eigenvalue weighted by Gasteiger charge is -2.27. The van der Waals surface area contributed by atoms with Crippen LogP contribution in [0, 0.1) is 0 Å². The maximum atomic E-state index is 6.38. The van der Waals surface area contributed by atoms with Crippen molar-refractivity contribution in [2.45, 2.75) is 37.6 Å². The summed E-state index contributed by atoms with van der Waals surface area (Å²) >= 11 is 3.60. The number of thiophene rings is 1. The molecule has 0 amide bonds. The Kier molecular flexibility index (Phi) is 3.27. The third-order valence-corrected chi connectivity index (χ3v) is 5.31. The monoisotopic (exact) mass is 264 g/mol. The molecule has 2 heterocycles. The SMILES string of the molecule is NC(Cc1nccs1)C1CCCc2sccc21. The van der Waals surface area contributed by atoms with Crippen LogP contribution in [0.5, 0.6) is 0 Å². The molecule has 0 bridgehead atoms. The number of aromatic nitrogens is 1. The fraction of sp³-hybridized carbons (Fsp3) is 0.462. The van der Waals surface area contributed by atoms with Gasteiger partial charge in [0.2, 0.25) is 0 Å². The van der Waals surface area contributed by atoms with Crippen molar-refractivity contribution in [1.82, 2.24) is 4.98 Å². The lowest BCUT2D eigenvalue weighted by atomic mass is 9.82. The van der Waals surface area contributed by atoms with E-state index in [4.69, 9.17) is 5.73 Å². The number of aryl methyl sites for hydroxylation is 1. The first-order valence-electron chi connectivity index (χ1n) is 6.05. The third-order valence-electron chi connectivity index (χ3n) is 3.51. The van der Waals surface area contributed by atoms with Crippen LogP contribution >= 0.6 is 22.7 Å². The molecule has 1 aliphatic rings. The van der Waals surface area contributed by atoms with Crippen LogP contribution in [0.15, 0.2) is 23.0 Å². The van der Waals surface area contributed by atoms with Crippen LogP contribution in [0.3, 0.4) is 0 Å². The van der Waals surface area contributed by atoms with Gasteiger partial charge in [0.1, 0.15) is 0 Å². The molecule has 2 unspecified atom stereocenters. The van der Waals surface area contributed by atoms with E-state index < -0.39 is 0 Å². The van der Waals surface area contributed by atoms with Crippen LogP contribution in [-0.4, -0.2) is 11.0 Å². The standard InChI is InChI=1S/C13H16N2S2/c14-11(8-13-15-5-7-17-13)9-2-1-3-12-10(9)4-6-16-12/h4-7,9,11H,1-3,8,14H2. The van der Waals surface area contributed by atoms with E-state index in [0.29, 0.717) is 5.92 Å². The van der Waals surface area contributed by atoms with Crippen LogP contribution in [0.25, 0.3) is 0 Å². The average Bonchev–Trinajstić information content (AvgIpc) is 2.97. The number of nitrogens with zero attached hydrogens (tertiary/aromatic N) is 1. The number of thiazole rings is 1. The van der Waals surface area contributed by atoms with Gasteiger partial charge in [-0.1, -0.05) is 0 Å². The highest BCUT2D eigenvalue weighted by molar-refractivity contribution is 7.10. The first kappa shape index (κ1) is 11.4. The molecule has 2 aromatic rings. The van der Waals surface area contributed by atoms with Crippen LogP contribution < -0.4 is 5.73 Å². The minimum Gasteiger partial charge on any atom is -0.327 e. The Morgan fingerprint density at radius 1 is 1.41 bits per heavy atom. The zero-order chi connectivity index (χ0) is 11.7. The van der Waals surface area contributed by atoms with Gasteiger partial charge in [-0.2, -0.15) is 0 Å². The van der Waals surface area contributed by atoms with Crippen molar-refractivity contribution >= 4 is 22.7 Å². The topological polar surface area (TPSA) is 38.9 Å². The van der Waals surface area contributed by atoms with E-state index in [9.17, 15) is 0 Å². The van der Waals surface area contributed by atoms with Crippen molar-refractivity contribution < 1.29 is 0 Å². The fourth-order valence-electron chi connectivity index (χ4n) is 2.66. The minimum atomic E-state index is 0.217. The second-order valence-electron chi connectivity index (χ2n) is 4.59. The Morgan fingerprint density at radius 3 is 3.18 bits per heavy atom. The van der Waals surface area contributed by atoms with Crippen LogP contribution in [0.4, 0.5) is 0 Å². The Hall–Kier alpha value is -0.710. The van der Waals surface area contributed by atoms with E-state index in [1.165, 1.54) is 29.8 Å². The van der Waals surface area contributed by atoms with Gasteiger partial charge < -0.3 is 5.73 Å². The number of nitrogens with two attached hydrogens (primary N) is 1. The molecule has 17 heavy (non-hydrogen) atoms. The van der Waals surface area contributed by atoms with E-state index in [1.807, 2.05) is 22.9 Å². The zero-order valence-electron chi connectivity index (χ0n) is 9.63. The van der Waals surface area contributed by atoms with Gasteiger partial charge in [0.05, 0.1) is 5.01 Å². The summed E-state index contributed by atoms with van der Waals surface area (Å²) in [4.78, 5) is 5.89. The molecule has 2 N–H and O–H groups in total. The second kappa shape index (κ2) is 4.88. The molecule has 0 aliphatic heterocycles. The molecule has 0 aromatic carbocycles. The molecule has 0 spiro atoms. The Labute approximate surface area is 110 Å². The van der Waals surface area contributed by atoms with E-state index in [2.05, 4.69) is 16.4 Å². The highest BCUT2D eigenvalue weighted by atomic mass is 32.1. The van der Waals surface area contributed by atoms with Gasteiger partial charge in [-0.25, -0.2) is 4.98 Å². The van der Waals surface area contributed by atoms with Gasteiger partial charge in [0.25, 0.3) is 0 Å². The molecule has 0 saturated heterocycles. The molecule has 0 fully saturated rings. The van der Waals surface area contributed by atoms with E-state index in [0.717, 1.165) is 6.42 Å². The van der Waals surface area contributed by atoms with Crippen LogP contribution in [0.1, 0.15) is 34.2 Å². The Bertz CT molecular complexity index is 475. The normalized spacial score (nSPS) is 21.1. The molecular formula is C13H16N2S2. The largest absolute Gasteiger partial charge is 0.327 e. The summed E-state index contributed by atoms with van der Waals surface area (Å²) in [6, 6.07) is 2.49. The third kappa shape index (κ3) is 2.30. The minimum absolute atomic E-state index is 0.217. The Balaban J connectivity index is 1.77. The summed E-state index contributed by atoms with van der Waals surface area (Å²) in [5.41, 5.74) is 7.89. The molecule has 2 aromatic heterocycles. The van der Waals surface area contributed by atoms with Crippen molar-refractivity contribution in [2.24, 2.45) is 5.73 Å². The van der Waals surface area contributed by atoms with Crippen molar-refractivity contribution in [3.05, 3.63) is 38.5 Å². The average molecular weight is 264 g/mol. The molecular weight excluding hydrogens is 248 g/mol. The van der Waals surface area contributed by atoms with Gasteiger partial charge in [-0.05, 0) is 36.3 Å². The molecule has 0 radical (unpaired) electrons. The summed E-state index contributed by atoms with van der Waals surface area (Å²) in [5, 5.41) is 5.40. The summed E-state index contributed by atoms with van der Waals surface area (Å²) in [5.74, 6) is 0.536. The van der Waals surface area contributed by atoms with Crippen LogP contribution in [0.2, 0.25) is 0 Å². The quantitative estimate of drug-likeness (QED) is 0.924. The van der Waals surface area contributed by atoms with Gasteiger partial charge >= 0.3 is 0 Å². The molecule has 1 aliphatic carbocycles. The predicted molar refractivity (Wildman–Crippen MR) is 73.8 cm³/mol. The molecule has 90 valence electrons. The number of rotatable bonds is 3. The van der Waals surface area contributed by atoms with Crippen molar-refractivity contribution in [3.63, 3.8) is 0 Å². The number of hydrogen-bond donors (Lipinski definition) is 1. The zero-order valence-corrected chi connectivity index (χ0v) is 11.3. The van der Waals surface area contributed by atoms with Crippen molar-refractivity contribution in [2.75, 3.05) is 0 Å². The van der Waals surface area contributed by atoms with E-state index in [1.54, 1.807) is 16.2 Å². The smallest absolute Gasteiger partial charge is 0.0940 e. The first-order chi connectivity index (χ1) is 8.34. The highest BCUT2D eigenvalue weighted by Gasteiger charge is 2.26. The molecule has 4 heteroatoms. The highest BCUT2D eigenvalue weighted by Crippen LogP contribution is 2.37. The van der Waals surface area contributed by atoms with Crippen LogP contribution in [-0.2, 0) is 12.8 Å². The first-order valence-corrected chi connectivity index (χ1v) is 7.81. The maximum Gasteiger partial charge on any atom is 0.0940 e. The lowest BCUT2D eigenvalue weighted by molar-refractivity contribution is 0.463. The van der Waals surface area contributed by atoms with Gasteiger partial charge in [0, 0.05) is 34.8 Å². The van der Waals surface area contributed by atoms with E-state index >= 15 is 0 Å². The molecule has 0 saturated carbocycles. The van der Waals surface area contributed by atoms with Gasteiger partial charge in [-0.15, -0.1) is 22.7 Å². The van der Waals surface area contributed by atoms with Gasteiger partial charge in [-0.3, -0.25) is 0 Å². The van der Waals surface area contributed by atoms with Crippen molar-refractivity contribution in [3.8, 4) is 0 Å². The number of hydrogen-bond acceptors (Lipinski definition) is 4. The summed E-state index contributed by atoms with van der Waals surface area (Å²) < 4.78 is 0. The second-order valence-corrected chi connectivity index (χ2v) is 6.57. The summed E-state index contributed by atoms with van der Waals surface area (Å²) in [6.07, 6.45) is 6.54. The van der Waals surface area contributed by atoms with Gasteiger partial charge in [0.15, 0.2) is 0 Å². The fourth-order valence-corrected chi connectivity index (χ4v) is 4.35. The molecule has 2 nitrogen and oxygen atoms in total. The number of fused-ring (bicyclic) bond motifs is 1. The molecule has 3 rings (SSSR count). The molecule has 2 atom stereocenters. The van der Waals surface area contributed by atoms with Crippen molar-refractivity contribution in [1.29, 1.82) is 0 Å². The maximum absolute atomic E-state index is 6.38. The Morgan fingerprint density at radius 2 is 2.35 bits per heavy atom. The lowest BCUT2D eigenvalue weighted by Crippen LogP contribution is -2.32. The summed E-state index contributed by atoms with van der Waals surface area (Å²) in [6.45, 7) is 0.